The van der Waals surface area contributed by atoms with Gasteiger partial charge in [-0.05, 0) is 47.7 Å². The summed E-state index contributed by atoms with van der Waals surface area (Å²) in [5.41, 5.74) is 1.70. The number of carbonyl (C=O) groups is 2. The van der Waals surface area contributed by atoms with E-state index in [2.05, 4.69) is 0 Å². The van der Waals surface area contributed by atoms with Gasteiger partial charge < -0.3 is 5.11 Å². The number of amides is 1. The summed E-state index contributed by atoms with van der Waals surface area (Å²) in [5, 5.41) is 23.7. The molecular weight excluding hydrogens is 416 g/mol. The van der Waals surface area contributed by atoms with Crippen LogP contribution >= 0.6 is 11.3 Å². The van der Waals surface area contributed by atoms with Gasteiger partial charge in [0.05, 0.1) is 10.5 Å². The van der Waals surface area contributed by atoms with E-state index in [1.807, 2.05) is 30.5 Å². The fourth-order valence-corrected chi connectivity index (χ4v) is 4.43. The first-order chi connectivity index (χ1) is 14.9. The zero-order valence-electron chi connectivity index (χ0n) is 16.5. The second-order valence-electron chi connectivity index (χ2n) is 7.01. The van der Waals surface area contributed by atoms with E-state index in [0.29, 0.717) is 5.69 Å². The quantitative estimate of drug-likeness (QED) is 0.203. The molecule has 0 aliphatic carbocycles. The Kier molecular flexibility index (Phi) is 5.39. The van der Waals surface area contributed by atoms with Gasteiger partial charge in [-0.3, -0.25) is 24.6 Å². The Hall–Kier alpha value is -3.78. The third-order valence-electron chi connectivity index (χ3n) is 5.23. The molecule has 1 unspecified atom stereocenters. The number of ketones is 1. The van der Waals surface area contributed by atoms with Crippen molar-refractivity contribution in [3.8, 4) is 0 Å². The molecule has 3 aromatic rings. The molecule has 4 rings (SSSR count). The molecule has 1 amide bonds. The summed E-state index contributed by atoms with van der Waals surface area (Å²) in [4.78, 5) is 38.5. The van der Waals surface area contributed by atoms with Gasteiger partial charge in [0.1, 0.15) is 11.8 Å². The van der Waals surface area contributed by atoms with Gasteiger partial charge in [-0.1, -0.05) is 25.1 Å². The standard InChI is InChI=1S/C23H18N2O5S/c1-2-14-5-9-16(10-6-14)24-20(18-4-3-13-31-18)19(22(27)23(24)28)21(26)15-7-11-17(12-8-15)25(29)30/h3-13,20,26H,2H2,1H3/b21-19-. The van der Waals surface area contributed by atoms with Crippen LogP contribution in [0.5, 0.6) is 0 Å². The lowest BCUT2D eigenvalue weighted by atomic mass is 9.99. The molecule has 1 saturated heterocycles. The number of rotatable bonds is 5. The van der Waals surface area contributed by atoms with Crippen molar-refractivity contribution < 1.29 is 19.6 Å². The molecule has 1 atom stereocenters. The number of thiophene rings is 1. The third kappa shape index (κ3) is 3.62. The lowest BCUT2D eigenvalue weighted by Crippen LogP contribution is -2.29. The van der Waals surface area contributed by atoms with E-state index in [1.54, 1.807) is 18.2 Å². The molecule has 1 aliphatic rings. The van der Waals surface area contributed by atoms with Crippen molar-refractivity contribution in [2.45, 2.75) is 19.4 Å². The lowest BCUT2D eigenvalue weighted by molar-refractivity contribution is -0.384. The molecule has 2 heterocycles. The largest absolute Gasteiger partial charge is 0.507 e. The predicted molar refractivity (Wildman–Crippen MR) is 118 cm³/mol. The van der Waals surface area contributed by atoms with Crippen LogP contribution in [0.15, 0.2) is 71.6 Å². The number of aliphatic hydroxyl groups excluding tert-OH is 1. The Morgan fingerprint density at radius 2 is 1.77 bits per heavy atom. The first kappa shape index (κ1) is 20.5. The number of anilines is 1. The molecule has 1 aromatic heterocycles. The predicted octanol–water partition coefficient (Wildman–Crippen LogP) is 4.85. The van der Waals surface area contributed by atoms with Crippen LogP contribution in [-0.2, 0) is 16.0 Å². The summed E-state index contributed by atoms with van der Waals surface area (Å²) >= 11 is 1.37. The molecule has 2 aromatic carbocycles. The van der Waals surface area contributed by atoms with Crippen LogP contribution in [0.2, 0.25) is 0 Å². The van der Waals surface area contributed by atoms with E-state index < -0.39 is 22.7 Å². The Morgan fingerprint density at radius 3 is 2.32 bits per heavy atom. The summed E-state index contributed by atoms with van der Waals surface area (Å²) in [5.74, 6) is -1.89. The van der Waals surface area contributed by atoms with E-state index in [-0.39, 0.29) is 22.6 Å². The minimum Gasteiger partial charge on any atom is -0.507 e. The number of aliphatic hydroxyl groups is 1. The number of aryl methyl sites for hydroxylation is 1. The van der Waals surface area contributed by atoms with E-state index >= 15 is 0 Å². The van der Waals surface area contributed by atoms with E-state index in [4.69, 9.17) is 0 Å². The van der Waals surface area contributed by atoms with Crippen LogP contribution in [0.25, 0.3) is 5.76 Å². The number of hydrogen-bond acceptors (Lipinski definition) is 6. The van der Waals surface area contributed by atoms with Crippen LogP contribution in [0, 0.1) is 10.1 Å². The van der Waals surface area contributed by atoms with Crippen molar-refractivity contribution >= 4 is 40.2 Å². The zero-order valence-corrected chi connectivity index (χ0v) is 17.3. The number of carbonyl (C=O) groups excluding carboxylic acids is 2. The molecule has 1 N–H and O–H groups in total. The minimum absolute atomic E-state index is 0.0409. The average molecular weight is 434 g/mol. The molecule has 0 radical (unpaired) electrons. The summed E-state index contributed by atoms with van der Waals surface area (Å²) < 4.78 is 0. The number of non-ortho nitro benzene ring substituents is 1. The summed E-state index contributed by atoms with van der Waals surface area (Å²) in [6.45, 7) is 2.02. The molecule has 31 heavy (non-hydrogen) atoms. The second kappa shape index (κ2) is 8.16. The highest BCUT2D eigenvalue weighted by molar-refractivity contribution is 7.10. The molecule has 156 valence electrons. The normalized spacial score (nSPS) is 17.8. The van der Waals surface area contributed by atoms with Crippen molar-refractivity contribution in [3.63, 3.8) is 0 Å². The molecule has 1 aliphatic heterocycles. The molecule has 0 bridgehead atoms. The molecule has 0 spiro atoms. The number of nitrogens with zero attached hydrogens (tertiary/aromatic N) is 2. The number of benzene rings is 2. The highest BCUT2D eigenvalue weighted by Crippen LogP contribution is 2.43. The van der Waals surface area contributed by atoms with Crippen LogP contribution in [-0.4, -0.2) is 21.7 Å². The van der Waals surface area contributed by atoms with Crippen molar-refractivity contribution in [2.24, 2.45) is 0 Å². The second-order valence-corrected chi connectivity index (χ2v) is 7.99. The van der Waals surface area contributed by atoms with E-state index in [1.165, 1.54) is 40.5 Å². The van der Waals surface area contributed by atoms with Crippen LogP contribution in [0.1, 0.15) is 29.0 Å². The number of nitro groups is 1. The van der Waals surface area contributed by atoms with Crippen LogP contribution in [0.3, 0.4) is 0 Å². The minimum atomic E-state index is -0.797. The molecule has 7 nitrogen and oxygen atoms in total. The van der Waals surface area contributed by atoms with Crippen LogP contribution in [0.4, 0.5) is 11.4 Å². The summed E-state index contributed by atoms with van der Waals surface area (Å²) in [6, 6.07) is 15.4. The van der Waals surface area contributed by atoms with E-state index in [9.17, 15) is 24.8 Å². The third-order valence-corrected chi connectivity index (χ3v) is 6.16. The van der Waals surface area contributed by atoms with Crippen molar-refractivity contribution in [1.29, 1.82) is 0 Å². The van der Waals surface area contributed by atoms with Gasteiger partial charge >= 0.3 is 0 Å². The van der Waals surface area contributed by atoms with Gasteiger partial charge in [-0.2, -0.15) is 0 Å². The number of hydrogen-bond donors (Lipinski definition) is 1. The highest BCUT2D eigenvalue weighted by Gasteiger charge is 2.47. The molecule has 0 saturated carbocycles. The lowest BCUT2D eigenvalue weighted by Gasteiger charge is -2.24. The smallest absolute Gasteiger partial charge is 0.300 e. The maximum Gasteiger partial charge on any atom is 0.300 e. The number of nitro benzene ring substituents is 1. The average Bonchev–Trinajstić information content (AvgIpc) is 3.40. The first-order valence-electron chi connectivity index (χ1n) is 9.60. The fourth-order valence-electron chi connectivity index (χ4n) is 3.60. The van der Waals surface area contributed by atoms with Gasteiger partial charge in [0.15, 0.2) is 0 Å². The van der Waals surface area contributed by atoms with Crippen molar-refractivity contribution in [3.05, 3.63) is 97.7 Å². The SMILES string of the molecule is CCc1ccc(N2C(=O)C(=O)/C(=C(\O)c3ccc([N+](=O)[O-])cc3)C2c2cccs2)cc1. The monoisotopic (exact) mass is 434 g/mol. The topological polar surface area (TPSA) is 101 Å². The van der Waals surface area contributed by atoms with Crippen molar-refractivity contribution in [1.82, 2.24) is 0 Å². The highest BCUT2D eigenvalue weighted by atomic mass is 32.1. The molecular formula is C23H18N2O5S. The fraction of sp³-hybridized carbons (Fsp3) is 0.130. The van der Waals surface area contributed by atoms with Gasteiger partial charge in [-0.15, -0.1) is 11.3 Å². The summed E-state index contributed by atoms with van der Waals surface area (Å²) in [7, 11) is 0. The van der Waals surface area contributed by atoms with Crippen LogP contribution < -0.4 is 4.90 Å². The zero-order chi connectivity index (χ0) is 22.1. The Morgan fingerprint density at radius 1 is 1.10 bits per heavy atom. The summed E-state index contributed by atoms with van der Waals surface area (Å²) in [6.07, 6.45) is 0.841. The Bertz CT molecular complexity index is 1180. The van der Waals surface area contributed by atoms with Gasteiger partial charge in [0.25, 0.3) is 17.4 Å². The molecule has 1 fully saturated rings. The van der Waals surface area contributed by atoms with Gasteiger partial charge in [0.2, 0.25) is 0 Å². The van der Waals surface area contributed by atoms with Gasteiger partial charge in [-0.25, -0.2) is 0 Å². The Balaban J connectivity index is 1.86. The van der Waals surface area contributed by atoms with Crippen molar-refractivity contribution in [2.75, 3.05) is 4.90 Å². The maximum absolute atomic E-state index is 13.0. The Labute approximate surface area is 182 Å². The first-order valence-corrected chi connectivity index (χ1v) is 10.5. The van der Waals surface area contributed by atoms with Gasteiger partial charge in [0, 0.05) is 28.3 Å². The molecule has 8 heteroatoms. The van der Waals surface area contributed by atoms with E-state index in [0.717, 1.165) is 16.9 Å². The maximum atomic E-state index is 13.0. The number of Topliss-reactive ketones (excluding diaryl/α,β-unsaturated/α-hetero) is 1.